The molecule has 0 fully saturated rings. The van der Waals surface area contributed by atoms with Gasteiger partial charge in [-0.15, -0.1) is 12.3 Å². The molecule has 0 saturated carbocycles. The first-order valence-corrected chi connectivity index (χ1v) is 7.20. The van der Waals surface area contributed by atoms with Crippen molar-refractivity contribution in [2.24, 2.45) is 0 Å². The van der Waals surface area contributed by atoms with Gasteiger partial charge >= 0.3 is 0 Å². The van der Waals surface area contributed by atoms with Crippen LogP contribution in [-0.2, 0) is 4.79 Å². The molecule has 4 heteroatoms. The van der Waals surface area contributed by atoms with Crippen LogP contribution >= 0.6 is 15.9 Å². The maximum atomic E-state index is 12.0. The highest BCUT2D eigenvalue weighted by Gasteiger charge is 2.11. The zero-order valence-electron chi connectivity index (χ0n) is 11.3. The molecule has 106 valence electrons. The van der Waals surface area contributed by atoms with Gasteiger partial charge in [-0.3, -0.25) is 4.79 Å². The largest absolute Gasteiger partial charge is 0.450 e. The van der Waals surface area contributed by atoms with Gasteiger partial charge in [-0.2, -0.15) is 0 Å². The van der Waals surface area contributed by atoms with Crippen LogP contribution in [0.25, 0.3) is 6.08 Å². The molecule has 1 atom stereocenters. The van der Waals surface area contributed by atoms with E-state index in [1.807, 2.05) is 30.3 Å². The second-order valence-electron chi connectivity index (χ2n) is 4.36. The maximum Gasteiger partial charge on any atom is 0.244 e. The summed E-state index contributed by atoms with van der Waals surface area (Å²) < 4.78 is 5.91. The smallest absolute Gasteiger partial charge is 0.244 e. The molecule has 21 heavy (non-hydrogen) atoms. The lowest BCUT2D eigenvalue weighted by Gasteiger charge is -2.15. The van der Waals surface area contributed by atoms with E-state index in [1.54, 1.807) is 18.2 Å². The van der Waals surface area contributed by atoms with Gasteiger partial charge in [-0.25, -0.2) is 0 Å². The van der Waals surface area contributed by atoms with E-state index >= 15 is 0 Å². The summed E-state index contributed by atoms with van der Waals surface area (Å²) in [6.45, 7) is 0. The number of furan rings is 1. The Hall–Kier alpha value is -2.25. The van der Waals surface area contributed by atoms with Crippen LogP contribution in [0, 0.1) is 12.3 Å². The number of carbonyl (C=O) groups is 1. The lowest BCUT2D eigenvalue weighted by atomic mass is 10.0. The molecular weight excluding hydrogens is 330 g/mol. The first-order chi connectivity index (χ1) is 10.2. The number of amides is 1. The van der Waals surface area contributed by atoms with E-state index in [0.29, 0.717) is 16.9 Å². The van der Waals surface area contributed by atoms with Crippen molar-refractivity contribution in [1.29, 1.82) is 0 Å². The van der Waals surface area contributed by atoms with Gasteiger partial charge in [0, 0.05) is 12.5 Å². The first kappa shape index (κ1) is 15.1. The Labute approximate surface area is 132 Å². The monoisotopic (exact) mass is 343 g/mol. The van der Waals surface area contributed by atoms with Gasteiger partial charge in [-0.1, -0.05) is 30.3 Å². The average molecular weight is 344 g/mol. The second-order valence-corrected chi connectivity index (χ2v) is 5.14. The summed E-state index contributed by atoms with van der Waals surface area (Å²) in [7, 11) is 0. The van der Waals surface area contributed by atoms with Crippen molar-refractivity contribution < 1.29 is 9.21 Å². The molecule has 1 aromatic carbocycles. The van der Waals surface area contributed by atoms with Crippen LogP contribution in [-0.4, -0.2) is 5.91 Å². The molecule has 1 unspecified atom stereocenters. The van der Waals surface area contributed by atoms with E-state index in [-0.39, 0.29) is 11.9 Å². The third-order valence-corrected chi connectivity index (χ3v) is 3.26. The Bertz CT molecular complexity index is 668. The van der Waals surface area contributed by atoms with Crippen molar-refractivity contribution >= 4 is 27.9 Å². The highest BCUT2D eigenvalue weighted by molar-refractivity contribution is 9.10. The molecule has 1 heterocycles. The standard InChI is InChI=1S/C17H14BrNO2/c1-2-6-15(13-7-4-3-5-8-13)19-17(20)12-10-14-9-11-16(18)21-14/h1,3-5,7-12,15H,6H2,(H,19,20). The Morgan fingerprint density at radius 2 is 2.10 bits per heavy atom. The summed E-state index contributed by atoms with van der Waals surface area (Å²) in [6, 6.07) is 13.0. The second kappa shape index (κ2) is 7.51. The predicted octanol–water partition coefficient (Wildman–Crippen LogP) is 3.94. The number of nitrogens with one attached hydrogen (secondary N) is 1. The molecule has 1 N–H and O–H groups in total. The number of terminal acetylenes is 1. The Morgan fingerprint density at radius 3 is 2.71 bits per heavy atom. The molecule has 1 amide bonds. The number of carbonyl (C=O) groups excluding carboxylic acids is 1. The summed E-state index contributed by atoms with van der Waals surface area (Å²) >= 11 is 3.21. The van der Waals surface area contributed by atoms with E-state index < -0.39 is 0 Å². The molecule has 2 rings (SSSR count). The lowest BCUT2D eigenvalue weighted by Crippen LogP contribution is -2.26. The van der Waals surface area contributed by atoms with E-state index in [1.165, 1.54) is 6.08 Å². The lowest BCUT2D eigenvalue weighted by molar-refractivity contribution is -0.117. The van der Waals surface area contributed by atoms with E-state index in [9.17, 15) is 4.79 Å². The van der Waals surface area contributed by atoms with Crippen LogP contribution in [0.4, 0.5) is 0 Å². The molecule has 0 aliphatic rings. The van der Waals surface area contributed by atoms with Crippen molar-refractivity contribution in [3.63, 3.8) is 0 Å². The van der Waals surface area contributed by atoms with Crippen LogP contribution in [0.1, 0.15) is 23.8 Å². The fourth-order valence-electron chi connectivity index (χ4n) is 1.85. The number of halogens is 1. The van der Waals surface area contributed by atoms with Crippen molar-refractivity contribution in [2.45, 2.75) is 12.5 Å². The highest BCUT2D eigenvalue weighted by Crippen LogP contribution is 2.17. The minimum atomic E-state index is -0.216. The van der Waals surface area contributed by atoms with E-state index in [0.717, 1.165) is 5.56 Å². The fraction of sp³-hybridized carbons (Fsp3) is 0.118. The van der Waals surface area contributed by atoms with Gasteiger partial charge in [0.15, 0.2) is 4.67 Å². The third-order valence-electron chi connectivity index (χ3n) is 2.83. The molecule has 0 bridgehead atoms. The summed E-state index contributed by atoms with van der Waals surface area (Å²) in [5.41, 5.74) is 0.984. The molecule has 0 saturated heterocycles. The fourth-order valence-corrected chi connectivity index (χ4v) is 2.17. The Morgan fingerprint density at radius 1 is 1.33 bits per heavy atom. The molecule has 0 aliphatic carbocycles. The van der Waals surface area contributed by atoms with Gasteiger partial charge in [0.25, 0.3) is 0 Å². The summed E-state index contributed by atoms with van der Waals surface area (Å²) in [6.07, 6.45) is 8.85. The number of rotatable bonds is 5. The Balaban J connectivity index is 2.02. The minimum Gasteiger partial charge on any atom is -0.450 e. The van der Waals surface area contributed by atoms with Crippen molar-refractivity contribution in [3.8, 4) is 12.3 Å². The van der Waals surface area contributed by atoms with Crippen molar-refractivity contribution in [3.05, 3.63) is 64.5 Å². The van der Waals surface area contributed by atoms with Crippen molar-refractivity contribution in [2.75, 3.05) is 0 Å². The van der Waals surface area contributed by atoms with Crippen LogP contribution in [0.3, 0.4) is 0 Å². The zero-order valence-corrected chi connectivity index (χ0v) is 12.8. The van der Waals surface area contributed by atoms with E-state index in [4.69, 9.17) is 10.8 Å². The number of hydrogen-bond acceptors (Lipinski definition) is 2. The van der Waals surface area contributed by atoms with Gasteiger partial charge in [-0.05, 0) is 39.7 Å². The highest BCUT2D eigenvalue weighted by atomic mass is 79.9. The molecule has 1 aromatic heterocycles. The predicted molar refractivity (Wildman–Crippen MR) is 86.2 cm³/mol. The quantitative estimate of drug-likeness (QED) is 0.660. The zero-order chi connectivity index (χ0) is 15.1. The van der Waals surface area contributed by atoms with Gasteiger partial charge in [0.1, 0.15) is 5.76 Å². The topological polar surface area (TPSA) is 42.2 Å². The first-order valence-electron chi connectivity index (χ1n) is 6.41. The minimum absolute atomic E-state index is 0.198. The normalized spacial score (nSPS) is 12.0. The van der Waals surface area contributed by atoms with Gasteiger partial charge < -0.3 is 9.73 Å². The number of benzene rings is 1. The molecule has 0 aliphatic heterocycles. The van der Waals surface area contributed by atoms with Crippen LogP contribution in [0.5, 0.6) is 0 Å². The molecule has 2 aromatic rings. The van der Waals surface area contributed by atoms with Crippen LogP contribution in [0.2, 0.25) is 0 Å². The maximum absolute atomic E-state index is 12.0. The molecular formula is C17H14BrNO2. The molecule has 0 spiro atoms. The van der Waals surface area contributed by atoms with Crippen molar-refractivity contribution in [1.82, 2.24) is 5.32 Å². The summed E-state index contributed by atoms with van der Waals surface area (Å²) in [5, 5.41) is 2.89. The van der Waals surface area contributed by atoms with Gasteiger partial charge in [0.2, 0.25) is 5.91 Å². The third kappa shape index (κ3) is 4.66. The average Bonchev–Trinajstić information content (AvgIpc) is 2.91. The van der Waals surface area contributed by atoms with Gasteiger partial charge in [0.05, 0.1) is 6.04 Å². The summed E-state index contributed by atoms with van der Waals surface area (Å²) in [5.74, 6) is 2.97. The Kier molecular flexibility index (Phi) is 5.42. The van der Waals surface area contributed by atoms with E-state index in [2.05, 4.69) is 27.2 Å². The molecule has 3 nitrogen and oxygen atoms in total. The number of hydrogen-bond donors (Lipinski definition) is 1. The summed E-state index contributed by atoms with van der Waals surface area (Å²) in [4.78, 5) is 12.0. The van der Waals surface area contributed by atoms with Crippen LogP contribution < -0.4 is 5.32 Å². The van der Waals surface area contributed by atoms with Crippen LogP contribution in [0.15, 0.2) is 57.6 Å². The molecule has 0 radical (unpaired) electrons. The SMILES string of the molecule is C#CCC(NC(=O)C=Cc1ccc(Br)o1)c1ccccc1.